The third kappa shape index (κ3) is 3.75. The number of nitrogens with one attached hydrogen (secondary N) is 1. The number of benzene rings is 1. The van der Waals surface area contributed by atoms with E-state index in [0.29, 0.717) is 4.91 Å². The van der Waals surface area contributed by atoms with Gasteiger partial charge in [-0.05, 0) is 49.1 Å². The van der Waals surface area contributed by atoms with Crippen molar-refractivity contribution in [2.45, 2.75) is 13.3 Å². The van der Waals surface area contributed by atoms with Gasteiger partial charge in [-0.25, -0.2) is 4.21 Å². The van der Waals surface area contributed by atoms with Crippen molar-refractivity contribution < 1.29 is 4.21 Å². The highest BCUT2D eigenvalue weighted by Crippen LogP contribution is 2.20. The number of para-hydroxylation sites is 1. The molecule has 0 bridgehead atoms. The average Bonchev–Trinajstić information content (AvgIpc) is 2.66. The van der Waals surface area contributed by atoms with E-state index in [0.717, 1.165) is 17.7 Å². The van der Waals surface area contributed by atoms with E-state index < -0.39 is 9.71 Å². The fourth-order valence-corrected chi connectivity index (χ4v) is 3.21. The van der Waals surface area contributed by atoms with E-state index in [-0.39, 0.29) is 0 Å². The topological polar surface area (TPSA) is 29.1 Å². The molecule has 1 aliphatic rings. The second-order valence-corrected chi connectivity index (χ2v) is 6.56. The van der Waals surface area contributed by atoms with Crippen LogP contribution in [-0.2, 0) is 9.71 Å². The van der Waals surface area contributed by atoms with Crippen LogP contribution in [0.15, 0.2) is 77.3 Å². The third-order valence-electron chi connectivity index (χ3n) is 2.88. The molecule has 2 rings (SSSR count). The summed E-state index contributed by atoms with van der Waals surface area (Å²) in [5, 5.41) is 0. The number of anilines is 1. The molecule has 0 amide bonds. The number of allylic oxidation sites excluding steroid dienone is 7. The van der Waals surface area contributed by atoms with Crippen molar-refractivity contribution in [1.29, 1.82) is 0 Å². The first-order valence-electron chi connectivity index (χ1n) is 6.53. The molecule has 2 nitrogen and oxygen atoms in total. The summed E-state index contributed by atoms with van der Waals surface area (Å²) >= 11 is 0. The monoisotopic (exact) mass is 285 g/mol. The van der Waals surface area contributed by atoms with Crippen molar-refractivity contribution in [3.8, 4) is 0 Å². The van der Waals surface area contributed by atoms with Gasteiger partial charge in [0.1, 0.15) is 0 Å². The van der Waals surface area contributed by atoms with E-state index in [1.807, 2.05) is 67.6 Å². The zero-order chi connectivity index (χ0) is 14.4. The summed E-state index contributed by atoms with van der Waals surface area (Å²) in [5.74, 6) is 3.87. The molecule has 0 spiro atoms. The Morgan fingerprint density at radius 3 is 2.75 bits per heavy atom. The van der Waals surface area contributed by atoms with Crippen LogP contribution >= 0.6 is 0 Å². The van der Waals surface area contributed by atoms with Crippen molar-refractivity contribution in [1.82, 2.24) is 0 Å². The van der Waals surface area contributed by atoms with Gasteiger partial charge in [0.2, 0.25) is 0 Å². The predicted octanol–water partition coefficient (Wildman–Crippen LogP) is 4.08. The lowest BCUT2D eigenvalue weighted by Crippen LogP contribution is -2.13. The Kier molecular flexibility index (Phi) is 4.64. The lowest BCUT2D eigenvalue weighted by Gasteiger charge is -2.13. The Morgan fingerprint density at radius 1 is 1.30 bits per heavy atom. The van der Waals surface area contributed by atoms with Gasteiger partial charge >= 0.3 is 0 Å². The fraction of sp³-hybridized carbons (Fsp3) is 0.118. The zero-order valence-electron chi connectivity index (χ0n) is 11.6. The van der Waals surface area contributed by atoms with E-state index in [2.05, 4.69) is 16.7 Å². The first kappa shape index (κ1) is 14.4. The second kappa shape index (κ2) is 6.44. The van der Waals surface area contributed by atoms with Crippen molar-refractivity contribution in [2.24, 2.45) is 0 Å². The quantitative estimate of drug-likeness (QED) is 0.830. The van der Waals surface area contributed by atoms with Crippen LogP contribution in [0.5, 0.6) is 0 Å². The predicted molar refractivity (Wildman–Crippen MR) is 90.1 cm³/mol. The Morgan fingerprint density at radius 2 is 2.05 bits per heavy atom. The molecule has 0 aliphatic heterocycles. The van der Waals surface area contributed by atoms with Crippen molar-refractivity contribution >= 4 is 21.3 Å². The smallest absolute Gasteiger partial charge is 0.0738 e. The molecular weight excluding hydrogens is 266 g/mol. The second-order valence-electron chi connectivity index (χ2n) is 4.53. The van der Waals surface area contributed by atoms with Gasteiger partial charge < -0.3 is 4.72 Å². The molecule has 1 atom stereocenters. The third-order valence-corrected chi connectivity index (χ3v) is 4.46. The summed E-state index contributed by atoms with van der Waals surface area (Å²) in [5.41, 5.74) is 1.86. The minimum Gasteiger partial charge on any atom is -0.309 e. The summed E-state index contributed by atoms with van der Waals surface area (Å²) in [6.07, 6.45) is 12.7. The summed E-state index contributed by atoms with van der Waals surface area (Å²) in [7, 11) is -2.56. The SMILES string of the molecule is C=S(=O)(Nc1ccccc1)C1=CC(/C=C/C)=CCC=C1. The lowest BCUT2D eigenvalue weighted by atomic mass is 10.2. The van der Waals surface area contributed by atoms with Crippen LogP contribution in [0.4, 0.5) is 5.69 Å². The average molecular weight is 285 g/mol. The molecule has 104 valence electrons. The van der Waals surface area contributed by atoms with Gasteiger partial charge in [0, 0.05) is 10.6 Å². The summed E-state index contributed by atoms with van der Waals surface area (Å²) in [6.45, 7) is 1.97. The van der Waals surface area contributed by atoms with E-state index in [1.165, 1.54) is 0 Å². The van der Waals surface area contributed by atoms with Crippen LogP contribution in [0.3, 0.4) is 0 Å². The minimum absolute atomic E-state index is 0.711. The summed E-state index contributed by atoms with van der Waals surface area (Å²) in [6, 6.07) is 9.50. The summed E-state index contributed by atoms with van der Waals surface area (Å²) in [4.78, 5) is 0.711. The number of rotatable bonds is 4. The van der Waals surface area contributed by atoms with Gasteiger partial charge in [-0.1, -0.05) is 42.5 Å². The molecule has 0 heterocycles. The van der Waals surface area contributed by atoms with Gasteiger partial charge in [0.25, 0.3) is 0 Å². The van der Waals surface area contributed by atoms with Crippen molar-refractivity contribution in [3.05, 3.63) is 77.3 Å². The number of hydrogen-bond donors (Lipinski definition) is 1. The van der Waals surface area contributed by atoms with E-state index in [4.69, 9.17) is 0 Å². The normalized spacial score (nSPS) is 18.1. The molecule has 0 saturated heterocycles. The maximum absolute atomic E-state index is 12.8. The van der Waals surface area contributed by atoms with Crippen LogP contribution in [0.2, 0.25) is 0 Å². The lowest BCUT2D eigenvalue weighted by molar-refractivity contribution is 0.688. The maximum Gasteiger partial charge on any atom is 0.0738 e. The molecule has 0 saturated carbocycles. The largest absolute Gasteiger partial charge is 0.309 e. The van der Waals surface area contributed by atoms with E-state index in [9.17, 15) is 4.21 Å². The molecule has 1 aliphatic carbocycles. The Hall–Kier alpha value is -2.00. The van der Waals surface area contributed by atoms with Gasteiger partial charge in [0.15, 0.2) is 0 Å². The minimum atomic E-state index is -2.56. The zero-order valence-corrected chi connectivity index (χ0v) is 12.4. The first-order valence-corrected chi connectivity index (χ1v) is 8.26. The van der Waals surface area contributed by atoms with Crippen molar-refractivity contribution in [3.63, 3.8) is 0 Å². The molecule has 0 aromatic heterocycles. The highest BCUT2D eigenvalue weighted by molar-refractivity contribution is 8.05. The molecule has 1 aromatic carbocycles. The maximum atomic E-state index is 12.8. The van der Waals surface area contributed by atoms with Crippen molar-refractivity contribution in [2.75, 3.05) is 4.72 Å². The molecule has 1 N–H and O–H groups in total. The Labute approximate surface area is 121 Å². The van der Waals surface area contributed by atoms with Crippen LogP contribution in [-0.4, -0.2) is 10.1 Å². The van der Waals surface area contributed by atoms with E-state index in [1.54, 1.807) is 0 Å². The summed E-state index contributed by atoms with van der Waals surface area (Å²) < 4.78 is 15.8. The molecule has 3 heteroatoms. The van der Waals surface area contributed by atoms with Gasteiger partial charge in [-0.2, -0.15) is 0 Å². The van der Waals surface area contributed by atoms with E-state index >= 15 is 0 Å². The molecule has 20 heavy (non-hydrogen) atoms. The Bertz CT molecular complexity index is 677. The fourth-order valence-electron chi connectivity index (χ4n) is 1.93. The first-order chi connectivity index (χ1) is 9.62. The molecule has 0 radical (unpaired) electrons. The molecular formula is C17H19NOS. The van der Waals surface area contributed by atoms with Crippen LogP contribution in [0, 0.1) is 0 Å². The highest BCUT2D eigenvalue weighted by Gasteiger charge is 2.10. The van der Waals surface area contributed by atoms with Gasteiger partial charge in [-0.15, -0.1) is 0 Å². The molecule has 0 fully saturated rings. The van der Waals surface area contributed by atoms with Crippen LogP contribution in [0.25, 0.3) is 0 Å². The Balaban J connectivity index is 2.31. The van der Waals surface area contributed by atoms with Gasteiger partial charge in [-0.3, -0.25) is 0 Å². The standard InChI is InChI=1S/C17H19NOS/c1-3-9-15-10-7-8-13-17(14-15)20(2,19)18-16-11-5-4-6-12-16/h3-6,8-14H,2,7H2,1H3,(H,18,19)/b9-3+. The van der Waals surface area contributed by atoms with Crippen LogP contribution < -0.4 is 4.72 Å². The van der Waals surface area contributed by atoms with Gasteiger partial charge in [0.05, 0.1) is 9.71 Å². The molecule has 1 aromatic rings. The number of hydrogen-bond acceptors (Lipinski definition) is 1. The highest BCUT2D eigenvalue weighted by atomic mass is 32.2. The molecule has 1 unspecified atom stereocenters. The van der Waals surface area contributed by atoms with Crippen LogP contribution in [0.1, 0.15) is 13.3 Å².